The number of aliphatic imine (C=N–C) groups is 1. The van der Waals surface area contributed by atoms with Gasteiger partial charge < -0.3 is 16.2 Å². The van der Waals surface area contributed by atoms with Crippen molar-refractivity contribution in [3.8, 4) is 5.75 Å². The van der Waals surface area contributed by atoms with Gasteiger partial charge in [-0.15, -0.1) is 0 Å². The van der Waals surface area contributed by atoms with E-state index in [4.69, 9.17) is 10.7 Å². The van der Waals surface area contributed by atoms with Gasteiger partial charge in [-0.1, -0.05) is 39.3 Å². The van der Waals surface area contributed by atoms with Gasteiger partial charge in [-0.05, 0) is 62.3 Å². The predicted molar refractivity (Wildman–Crippen MR) is 125 cm³/mol. The summed E-state index contributed by atoms with van der Waals surface area (Å²) in [6.45, 7) is 9.90. The second-order valence-corrected chi connectivity index (χ2v) is 8.10. The summed E-state index contributed by atoms with van der Waals surface area (Å²) in [7, 11) is 0. The summed E-state index contributed by atoms with van der Waals surface area (Å²) in [5.41, 5.74) is 11.4. The van der Waals surface area contributed by atoms with Crippen molar-refractivity contribution < 1.29 is 9.90 Å². The number of benzene rings is 1. The molecule has 1 aromatic carbocycles. The molecule has 1 aliphatic heterocycles. The molecule has 2 aliphatic rings. The fraction of sp³-hybridized carbons (Fsp3) is 0.520. The Balaban J connectivity index is 0.000000575. The van der Waals surface area contributed by atoms with Crippen molar-refractivity contribution in [3.05, 3.63) is 47.7 Å². The molecule has 0 spiro atoms. The predicted octanol–water partition coefficient (Wildman–Crippen LogP) is 5.28. The van der Waals surface area contributed by atoms with Gasteiger partial charge in [-0.25, -0.2) is 4.99 Å². The lowest BCUT2D eigenvalue weighted by molar-refractivity contribution is -0.112. The number of piperidine rings is 1. The third-order valence-electron chi connectivity index (χ3n) is 5.80. The lowest BCUT2D eigenvalue weighted by Crippen LogP contribution is -2.41. The Bertz CT molecular complexity index is 807. The zero-order valence-corrected chi connectivity index (χ0v) is 18.7. The van der Waals surface area contributed by atoms with E-state index in [1.54, 1.807) is 0 Å². The minimum atomic E-state index is 0.0185. The van der Waals surface area contributed by atoms with Gasteiger partial charge in [0.05, 0.1) is 0 Å². The molecular formula is C25H37N3O2. The first-order chi connectivity index (χ1) is 14.4. The summed E-state index contributed by atoms with van der Waals surface area (Å²) in [5.74, 6) is 0.925. The maximum Gasteiger partial charge on any atom is 0.152 e. The highest BCUT2D eigenvalue weighted by molar-refractivity contribution is 6.04. The molecule has 0 amide bonds. The van der Waals surface area contributed by atoms with Crippen LogP contribution in [0.4, 0.5) is 5.69 Å². The van der Waals surface area contributed by atoms with Crippen LogP contribution in [0.25, 0.3) is 0 Å². The summed E-state index contributed by atoms with van der Waals surface area (Å²) in [5, 5.41) is 14.0. The van der Waals surface area contributed by atoms with Crippen LogP contribution in [0.15, 0.2) is 47.1 Å². The Morgan fingerprint density at radius 3 is 2.57 bits per heavy atom. The Morgan fingerprint density at radius 2 is 2.07 bits per heavy atom. The number of phenolic OH excluding ortho intramolecular Hbond substituents is 1. The number of rotatable bonds is 6. The number of phenols is 1. The van der Waals surface area contributed by atoms with Crippen molar-refractivity contribution >= 4 is 17.2 Å². The van der Waals surface area contributed by atoms with Gasteiger partial charge in [0.1, 0.15) is 11.4 Å². The van der Waals surface area contributed by atoms with Gasteiger partial charge in [0.25, 0.3) is 0 Å². The Kier molecular flexibility index (Phi) is 9.31. The van der Waals surface area contributed by atoms with E-state index in [0.717, 1.165) is 49.2 Å². The number of ketones is 1. The van der Waals surface area contributed by atoms with Crippen molar-refractivity contribution in [1.29, 1.82) is 0 Å². The van der Waals surface area contributed by atoms with E-state index >= 15 is 0 Å². The highest BCUT2D eigenvalue weighted by Gasteiger charge is 2.25. The maximum atomic E-state index is 10.5. The van der Waals surface area contributed by atoms with Crippen LogP contribution in [-0.4, -0.2) is 29.2 Å². The van der Waals surface area contributed by atoms with Gasteiger partial charge >= 0.3 is 0 Å². The molecule has 4 N–H and O–H groups in total. The fourth-order valence-electron chi connectivity index (χ4n) is 3.86. The summed E-state index contributed by atoms with van der Waals surface area (Å²) < 4.78 is 0. The third kappa shape index (κ3) is 6.30. The van der Waals surface area contributed by atoms with Crippen LogP contribution in [0, 0.1) is 0 Å². The Labute approximate surface area is 181 Å². The van der Waals surface area contributed by atoms with Gasteiger partial charge in [-0.2, -0.15) is 0 Å². The lowest BCUT2D eigenvalue weighted by atomic mass is 9.80. The summed E-state index contributed by atoms with van der Waals surface area (Å²) >= 11 is 0. The Morgan fingerprint density at radius 1 is 1.37 bits per heavy atom. The standard InChI is InChI=1S/C21H31N3O.C4H6O/c1-3-6-16(22)21-17(4-2)23-12-11-19(21)24-18-10-9-15(13-20(18)25)14-7-5-8-14;1-3-4(2)5/h9-10,13-14,17,23,25H,3-8,11-12,22H2,1-2H3;3H,1H2,2H3/b21-16-,24-19?;. The second kappa shape index (κ2) is 11.7. The molecule has 2 fully saturated rings. The number of allylic oxidation sites excluding steroid dienone is 2. The van der Waals surface area contributed by atoms with E-state index in [0.29, 0.717) is 11.6 Å². The van der Waals surface area contributed by atoms with Crippen LogP contribution in [0.5, 0.6) is 5.75 Å². The first-order valence-electron chi connectivity index (χ1n) is 11.2. The molecule has 30 heavy (non-hydrogen) atoms. The average Bonchev–Trinajstić information content (AvgIpc) is 2.69. The van der Waals surface area contributed by atoms with Crippen LogP contribution in [0.1, 0.15) is 77.2 Å². The number of hydrogen-bond donors (Lipinski definition) is 3. The largest absolute Gasteiger partial charge is 0.506 e. The van der Waals surface area contributed by atoms with E-state index in [1.807, 2.05) is 12.1 Å². The molecular weight excluding hydrogens is 374 g/mol. The monoisotopic (exact) mass is 411 g/mol. The SMILES string of the molecule is C=CC(C)=O.CCC/C(N)=C1/C(=Nc2ccc(C3CCC3)cc2O)CCNC1CC. The van der Waals surface area contributed by atoms with Crippen LogP contribution >= 0.6 is 0 Å². The Hall–Kier alpha value is -2.40. The molecule has 1 heterocycles. The van der Waals surface area contributed by atoms with E-state index in [9.17, 15) is 9.90 Å². The topological polar surface area (TPSA) is 87.7 Å². The van der Waals surface area contributed by atoms with E-state index < -0.39 is 0 Å². The molecule has 5 heteroatoms. The molecule has 1 atom stereocenters. The molecule has 5 nitrogen and oxygen atoms in total. The minimum absolute atomic E-state index is 0.0185. The lowest BCUT2D eigenvalue weighted by Gasteiger charge is -2.29. The molecule has 164 valence electrons. The molecule has 1 saturated carbocycles. The third-order valence-corrected chi connectivity index (χ3v) is 5.80. The second-order valence-electron chi connectivity index (χ2n) is 8.10. The fourth-order valence-corrected chi connectivity index (χ4v) is 3.86. The maximum absolute atomic E-state index is 10.5. The van der Waals surface area contributed by atoms with Crippen LogP contribution in [-0.2, 0) is 4.79 Å². The number of nitrogens with zero attached hydrogens (tertiary/aromatic N) is 1. The molecule has 1 aliphatic carbocycles. The number of carbonyl (C=O) groups excluding carboxylic acids is 1. The van der Waals surface area contributed by atoms with E-state index in [1.165, 1.54) is 37.8 Å². The smallest absolute Gasteiger partial charge is 0.152 e. The molecule has 1 aromatic rings. The van der Waals surface area contributed by atoms with Gasteiger partial charge in [0.15, 0.2) is 5.78 Å². The highest BCUT2D eigenvalue weighted by Crippen LogP contribution is 2.40. The van der Waals surface area contributed by atoms with Crippen LogP contribution in [0.2, 0.25) is 0 Å². The zero-order valence-electron chi connectivity index (χ0n) is 18.7. The number of hydrogen-bond acceptors (Lipinski definition) is 5. The van der Waals surface area contributed by atoms with Gasteiger partial charge in [-0.3, -0.25) is 4.79 Å². The van der Waals surface area contributed by atoms with Gasteiger partial charge in [0, 0.05) is 36.0 Å². The molecule has 0 aromatic heterocycles. The molecule has 1 saturated heterocycles. The summed E-state index contributed by atoms with van der Waals surface area (Å²) in [6.07, 6.45) is 8.80. The van der Waals surface area contributed by atoms with Crippen molar-refractivity contribution in [1.82, 2.24) is 5.32 Å². The first kappa shape index (κ1) is 23.9. The van der Waals surface area contributed by atoms with Crippen molar-refractivity contribution in [2.45, 2.75) is 77.7 Å². The molecule has 0 bridgehead atoms. The quantitative estimate of drug-likeness (QED) is 0.556. The van der Waals surface area contributed by atoms with E-state index in [-0.39, 0.29) is 17.6 Å². The summed E-state index contributed by atoms with van der Waals surface area (Å²) in [4.78, 5) is 14.5. The van der Waals surface area contributed by atoms with Crippen molar-refractivity contribution in [2.75, 3.05) is 6.54 Å². The number of aromatic hydroxyl groups is 1. The normalized spacial score (nSPS) is 22.0. The summed E-state index contributed by atoms with van der Waals surface area (Å²) in [6, 6.07) is 6.25. The van der Waals surface area contributed by atoms with Crippen LogP contribution < -0.4 is 11.1 Å². The highest BCUT2D eigenvalue weighted by atomic mass is 16.3. The van der Waals surface area contributed by atoms with Crippen LogP contribution in [0.3, 0.4) is 0 Å². The molecule has 1 unspecified atom stereocenters. The average molecular weight is 412 g/mol. The number of nitrogens with two attached hydrogens (primary N) is 1. The van der Waals surface area contributed by atoms with E-state index in [2.05, 4.69) is 31.8 Å². The molecule has 3 rings (SSSR count). The van der Waals surface area contributed by atoms with Crippen molar-refractivity contribution in [3.63, 3.8) is 0 Å². The number of nitrogens with one attached hydrogen (secondary N) is 1. The first-order valence-corrected chi connectivity index (χ1v) is 11.2. The van der Waals surface area contributed by atoms with Crippen molar-refractivity contribution in [2.24, 2.45) is 10.7 Å². The number of carbonyl (C=O) groups is 1. The molecule has 0 radical (unpaired) electrons. The minimum Gasteiger partial charge on any atom is -0.506 e. The van der Waals surface area contributed by atoms with Gasteiger partial charge in [0.2, 0.25) is 0 Å². The zero-order chi connectivity index (χ0) is 22.1.